The number of aliphatic hydroxyl groups excluding tert-OH is 1. The number of nitrogens with zero attached hydrogens (tertiary/aromatic N) is 1. The van der Waals surface area contributed by atoms with Crippen LogP contribution in [0.4, 0.5) is 4.79 Å². The molecule has 0 aromatic rings. The Bertz CT molecular complexity index is 386. The minimum Gasteiger partial charge on any atom is -0.444 e. The summed E-state index contributed by atoms with van der Waals surface area (Å²) in [6, 6.07) is 0. The first-order chi connectivity index (χ1) is 9.71. The van der Waals surface area contributed by atoms with Crippen LogP contribution in [0.25, 0.3) is 0 Å². The Morgan fingerprint density at radius 2 is 2.10 bits per heavy atom. The molecular weight excluding hydrogens is 274 g/mol. The van der Waals surface area contributed by atoms with Gasteiger partial charge < -0.3 is 24.6 Å². The Labute approximate surface area is 126 Å². The lowest BCUT2D eigenvalue weighted by Crippen LogP contribution is -2.57. The Morgan fingerprint density at radius 1 is 1.38 bits per heavy atom. The van der Waals surface area contributed by atoms with Crippen LogP contribution in [0.1, 0.15) is 40.0 Å². The summed E-state index contributed by atoms with van der Waals surface area (Å²) in [4.78, 5) is 13.6. The van der Waals surface area contributed by atoms with E-state index >= 15 is 0 Å². The van der Waals surface area contributed by atoms with Crippen molar-refractivity contribution in [1.29, 1.82) is 0 Å². The molecule has 6 nitrogen and oxygen atoms in total. The topological polar surface area (TPSA) is 79.2 Å². The first-order valence-electron chi connectivity index (χ1n) is 7.60. The monoisotopic (exact) mass is 301 g/mol. The highest BCUT2D eigenvalue weighted by atomic mass is 16.6. The van der Waals surface area contributed by atoms with Gasteiger partial charge in [0.2, 0.25) is 0 Å². The molecule has 0 aliphatic carbocycles. The summed E-state index contributed by atoms with van der Waals surface area (Å²) in [6.07, 6.45) is 1.55. The van der Waals surface area contributed by atoms with Crippen LogP contribution < -0.4 is 0 Å². The summed E-state index contributed by atoms with van der Waals surface area (Å²) >= 11 is 0. The minimum atomic E-state index is -1.11. The van der Waals surface area contributed by atoms with Gasteiger partial charge in [-0.1, -0.05) is 0 Å². The molecule has 1 amide bonds. The number of aliphatic hydroxyl groups is 2. The molecule has 0 aromatic carbocycles. The Kier molecular flexibility index (Phi) is 4.52. The molecule has 2 aliphatic rings. The van der Waals surface area contributed by atoms with Gasteiger partial charge in [-0.3, -0.25) is 0 Å². The van der Waals surface area contributed by atoms with Gasteiger partial charge in [0.1, 0.15) is 5.60 Å². The van der Waals surface area contributed by atoms with Crippen LogP contribution in [-0.2, 0) is 9.47 Å². The van der Waals surface area contributed by atoms with Crippen molar-refractivity contribution in [3.63, 3.8) is 0 Å². The molecule has 0 saturated carbocycles. The fourth-order valence-corrected chi connectivity index (χ4v) is 3.20. The van der Waals surface area contributed by atoms with Crippen molar-refractivity contribution in [2.75, 3.05) is 32.9 Å². The van der Waals surface area contributed by atoms with Crippen molar-refractivity contribution >= 4 is 6.09 Å². The molecule has 0 spiro atoms. The average molecular weight is 301 g/mol. The van der Waals surface area contributed by atoms with Crippen LogP contribution in [0.5, 0.6) is 0 Å². The van der Waals surface area contributed by atoms with Crippen LogP contribution in [0, 0.1) is 5.41 Å². The fourth-order valence-electron chi connectivity index (χ4n) is 3.20. The average Bonchev–Trinajstić information content (AvgIpc) is 2.82. The predicted molar refractivity (Wildman–Crippen MR) is 76.9 cm³/mol. The normalized spacial score (nSPS) is 34.0. The van der Waals surface area contributed by atoms with Gasteiger partial charge in [-0.05, 0) is 40.0 Å². The van der Waals surface area contributed by atoms with Gasteiger partial charge in [-0.15, -0.1) is 0 Å². The van der Waals surface area contributed by atoms with Crippen LogP contribution in [0.15, 0.2) is 0 Å². The van der Waals surface area contributed by atoms with Crippen LogP contribution in [0.2, 0.25) is 0 Å². The summed E-state index contributed by atoms with van der Waals surface area (Å²) in [7, 11) is 0. The lowest BCUT2D eigenvalue weighted by molar-refractivity contribution is -0.160. The number of hydrogen-bond donors (Lipinski definition) is 2. The molecule has 2 heterocycles. The Morgan fingerprint density at radius 3 is 2.62 bits per heavy atom. The van der Waals surface area contributed by atoms with E-state index in [4.69, 9.17) is 9.47 Å². The number of rotatable bonds is 2. The van der Waals surface area contributed by atoms with E-state index in [1.165, 1.54) is 4.90 Å². The van der Waals surface area contributed by atoms with Crippen molar-refractivity contribution in [3.8, 4) is 0 Å². The second-order valence-electron chi connectivity index (χ2n) is 7.28. The summed E-state index contributed by atoms with van der Waals surface area (Å²) < 4.78 is 10.8. The number of β-amino-alcohol motifs (C(OH)–C–C–N with tert-alkyl or cyclic N) is 1. The SMILES string of the molecule is CC(C)(C)OC(=O)N1CCC(O)(C2(CO)CCCOC2)C1. The maximum Gasteiger partial charge on any atom is 0.410 e. The number of ether oxygens (including phenoxy) is 2. The number of carbonyl (C=O) groups excluding carboxylic acids is 1. The second kappa shape index (κ2) is 5.74. The molecule has 6 heteroatoms. The molecule has 0 radical (unpaired) electrons. The van der Waals surface area contributed by atoms with Gasteiger partial charge in [-0.25, -0.2) is 4.79 Å². The standard InChI is InChI=1S/C15H27NO5/c1-13(2,3)21-12(18)16-7-6-15(19,9-16)14(10-17)5-4-8-20-11-14/h17,19H,4-11H2,1-3H3. The lowest BCUT2D eigenvalue weighted by Gasteiger charge is -2.46. The quantitative estimate of drug-likeness (QED) is 0.800. The van der Waals surface area contributed by atoms with E-state index in [1.54, 1.807) is 0 Å². The van der Waals surface area contributed by atoms with Gasteiger partial charge in [-0.2, -0.15) is 0 Å². The Hall–Kier alpha value is -0.850. The number of likely N-dealkylation sites (tertiary alicyclic amines) is 1. The predicted octanol–water partition coefficient (Wildman–Crippen LogP) is 1.15. The molecule has 2 N–H and O–H groups in total. The Balaban J connectivity index is 2.07. The van der Waals surface area contributed by atoms with E-state index in [2.05, 4.69) is 0 Å². The van der Waals surface area contributed by atoms with Crippen molar-refractivity contribution in [2.45, 2.75) is 51.2 Å². The van der Waals surface area contributed by atoms with E-state index in [0.717, 1.165) is 6.42 Å². The summed E-state index contributed by atoms with van der Waals surface area (Å²) in [5, 5.41) is 20.8. The summed E-state index contributed by atoms with van der Waals surface area (Å²) in [6.45, 7) is 6.94. The molecule has 0 bridgehead atoms. The molecule has 2 unspecified atom stereocenters. The molecule has 122 valence electrons. The molecule has 2 atom stereocenters. The number of carbonyl (C=O) groups is 1. The van der Waals surface area contributed by atoms with Gasteiger partial charge in [0.25, 0.3) is 0 Å². The second-order valence-corrected chi connectivity index (χ2v) is 7.28. The first kappa shape index (κ1) is 16.5. The zero-order chi connectivity index (χ0) is 15.7. The third kappa shape index (κ3) is 3.33. The van der Waals surface area contributed by atoms with E-state index in [1.807, 2.05) is 20.8 Å². The van der Waals surface area contributed by atoms with E-state index < -0.39 is 22.7 Å². The first-order valence-corrected chi connectivity index (χ1v) is 7.60. The molecule has 2 rings (SSSR count). The lowest BCUT2D eigenvalue weighted by atomic mass is 9.68. The third-order valence-electron chi connectivity index (χ3n) is 4.51. The van der Waals surface area contributed by atoms with Crippen molar-refractivity contribution < 1.29 is 24.5 Å². The van der Waals surface area contributed by atoms with Crippen LogP contribution in [0.3, 0.4) is 0 Å². The number of amides is 1. The van der Waals surface area contributed by atoms with E-state index in [9.17, 15) is 15.0 Å². The zero-order valence-corrected chi connectivity index (χ0v) is 13.2. The van der Waals surface area contributed by atoms with Gasteiger partial charge in [0.15, 0.2) is 0 Å². The zero-order valence-electron chi connectivity index (χ0n) is 13.2. The van der Waals surface area contributed by atoms with Gasteiger partial charge in [0.05, 0.1) is 25.4 Å². The molecule has 0 aromatic heterocycles. The smallest absolute Gasteiger partial charge is 0.410 e. The van der Waals surface area contributed by atoms with E-state index in [0.29, 0.717) is 32.6 Å². The van der Waals surface area contributed by atoms with Crippen LogP contribution >= 0.6 is 0 Å². The highest BCUT2D eigenvalue weighted by Gasteiger charge is 2.55. The molecular formula is C15H27NO5. The van der Waals surface area contributed by atoms with E-state index in [-0.39, 0.29) is 13.2 Å². The van der Waals surface area contributed by atoms with Gasteiger partial charge in [0, 0.05) is 18.6 Å². The molecule has 2 fully saturated rings. The van der Waals surface area contributed by atoms with Crippen molar-refractivity contribution in [3.05, 3.63) is 0 Å². The third-order valence-corrected chi connectivity index (χ3v) is 4.51. The van der Waals surface area contributed by atoms with Gasteiger partial charge >= 0.3 is 6.09 Å². The van der Waals surface area contributed by atoms with Crippen LogP contribution in [-0.4, -0.2) is 65.3 Å². The van der Waals surface area contributed by atoms with Crippen molar-refractivity contribution in [1.82, 2.24) is 4.90 Å². The van der Waals surface area contributed by atoms with Crippen molar-refractivity contribution in [2.24, 2.45) is 5.41 Å². The summed E-state index contributed by atoms with van der Waals surface area (Å²) in [5.74, 6) is 0. The highest BCUT2D eigenvalue weighted by Crippen LogP contribution is 2.44. The largest absolute Gasteiger partial charge is 0.444 e. The minimum absolute atomic E-state index is 0.133. The number of hydrogen-bond acceptors (Lipinski definition) is 5. The maximum absolute atomic E-state index is 12.1. The molecule has 21 heavy (non-hydrogen) atoms. The highest BCUT2D eigenvalue weighted by molar-refractivity contribution is 5.68. The molecule has 2 aliphatic heterocycles. The maximum atomic E-state index is 12.1. The molecule has 2 saturated heterocycles. The summed E-state index contributed by atoms with van der Waals surface area (Å²) in [5.41, 5.74) is -2.35. The fraction of sp³-hybridized carbons (Fsp3) is 0.933.